The lowest BCUT2D eigenvalue weighted by Crippen LogP contribution is -1.95. The molecular weight excluding hydrogens is 256 g/mol. The van der Waals surface area contributed by atoms with Gasteiger partial charge in [-0.2, -0.15) is 0 Å². The molecule has 0 aliphatic rings. The van der Waals surface area contributed by atoms with E-state index in [9.17, 15) is 0 Å². The molecule has 1 aromatic carbocycles. The van der Waals surface area contributed by atoms with Gasteiger partial charge in [0.25, 0.3) is 0 Å². The number of benzene rings is 1. The minimum atomic E-state index is 0.645. The van der Waals surface area contributed by atoms with Gasteiger partial charge in [0.05, 0.1) is 10.4 Å². The Labute approximate surface area is 114 Å². The van der Waals surface area contributed by atoms with Crippen LogP contribution in [0, 0.1) is 0 Å². The van der Waals surface area contributed by atoms with Gasteiger partial charge in [0, 0.05) is 35.5 Å². The monoisotopic (exact) mass is 268 g/mol. The van der Waals surface area contributed by atoms with Gasteiger partial charge < -0.3 is 11.5 Å². The maximum atomic E-state index is 5.98. The molecule has 19 heavy (non-hydrogen) atoms. The second kappa shape index (κ2) is 4.70. The predicted molar refractivity (Wildman–Crippen MR) is 79.6 cm³/mol. The molecule has 0 atom stereocenters. The van der Waals surface area contributed by atoms with E-state index in [2.05, 4.69) is 9.97 Å². The highest BCUT2D eigenvalue weighted by Gasteiger charge is 2.12. The molecule has 3 rings (SSSR count). The second-order valence-electron chi connectivity index (χ2n) is 4.08. The molecule has 0 aliphatic heterocycles. The summed E-state index contributed by atoms with van der Waals surface area (Å²) in [5.74, 6) is 0. The van der Waals surface area contributed by atoms with Gasteiger partial charge in [-0.1, -0.05) is 12.1 Å². The third-order valence-electron chi connectivity index (χ3n) is 2.79. The molecular formula is C14H12N4S. The average Bonchev–Trinajstić information content (AvgIpc) is 2.89. The molecule has 0 saturated heterocycles. The van der Waals surface area contributed by atoms with Crippen molar-refractivity contribution in [2.75, 3.05) is 11.5 Å². The molecule has 0 amide bonds. The summed E-state index contributed by atoms with van der Waals surface area (Å²) < 4.78 is 0. The van der Waals surface area contributed by atoms with Crippen LogP contribution >= 0.6 is 11.3 Å². The van der Waals surface area contributed by atoms with E-state index in [1.54, 1.807) is 17.5 Å². The molecule has 0 saturated carbocycles. The van der Waals surface area contributed by atoms with E-state index in [-0.39, 0.29) is 0 Å². The minimum Gasteiger partial charge on any atom is -0.398 e. The molecule has 0 fully saturated rings. The lowest BCUT2D eigenvalue weighted by Gasteiger charge is -2.05. The van der Waals surface area contributed by atoms with Crippen LogP contribution in [0.2, 0.25) is 0 Å². The Morgan fingerprint density at radius 2 is 1.74 bits per heavy atom. The van der Waals surface area contributed by atoms with Crippen molar-refractivity contribution < 1.29 is 0 Å². The van der Waals surface area contributed by atoms with Crippen LogP contribution in [0.1, 0.15) is 0 Å². The van der Waals surface area contributed by atoms with Gasteiger partial charge in [-0.25, -0.2) is 4.98 Å². The fourth-order valence-electron chi connectivity index (χ4n) is 1.87. The largest absolute Gasteiger partial charge is 0.398 e. The normalized spacial score (nSPS) is 10.5. The summed E-state index contributed by atoms with van der Waals surface area (Å²) in [6.07, 6.45) is 5.39. The van der Waals surface area contributed by atoms with Crippen LogP contribution in [-0.4, -0.2) is 9.97 Å². The first kappa shape index (κ1) is 11.7. The Morgan fingerprint density at radius 1 is 0.947 bits per heavy atom. The fraction of sp³-hybridized carbons (Fsp3) is 0. The standard InChI is InChI=1S/C14H12N4S/c15-10-4-1-5-11(16)13(10)14-18-8-12(19-14)9-3-2-6-17-7-9/h1-8H,15-16H2. The van der Waals surface area contributed by atoms with E-state index in [1.807, 2.05) is 42.7 Å². The van der Waals surface area contributed by atoms with Gasteiger partial charge in [-0.15, -0.1) is 11.3 Å². The van der Waals surface area contributed by atoms with Crippen molar-refractivity contribution in [2.45, 2.75) is 0 Å². The third-order valence-corrected chi connectivity index (χ3v) is 3.86. The number of anilines is 2. The SMILES string of the molecule is Nc1cccc(N)c1-c1ncc(-c2cccnc2)s1. The molecule has 2 aromatic heterocycles. The first-order valence-corrected chi connectivity index (χ1v) is 6.58. The van der Waals surface area contributed by atoms with Crippen molar-refractivity contribution in [3.05, 3.63) is 48.9 Å². The number of pyridine rings is 1. The second-order valence-corrected chi connectivity index (χ2v) is 5.11. The maximum Gasteiger partial charge on any atom is 0.128 e. The summed E-state index contributed by atoms with van der Waals surface area (Å²) in [7, 11) is 0. The molecule has 94 valence electrons. The molecule has 0 radical (unpaired) electrons. The minimum absolute atomic E-state index is 0.645. The smallest absolute Gasteiger partial charge is 0.128 e. The molecule has 5 heteroatoms. The Balaban J connectivity index is 2.07. The van der Waals surface area contributed by atoms with E-state index in [0.29, 0.717) is 11.4 Å². The van der Waals surface area contributed by atoms with Crippen LogP contribution in [-0.2, 0) is 0 Å². The zero-order valence-electron chi connectivity index (χ0n) is 10.1. The molecule has 0 unspecified atom stereocenters. The molecule has 0 aliphatic carbocycles. The lowest BCUT2D eigenvalue weighted by atomic mass is 10.1. The van der Waals surface area contributed by atoms with Crippen molar-refractivity contribution in [2.24, 2.45) is 0 Å². The van der Waals surface area contributed by atoms with Gasteiger partial charge in [0.2, 0.25) is 0 Å². The topological polar surface area (TPSA) is 77.8 Å². The first-order valence-electron chi connectivity index (χ1n) is 5.76. The highest BCUT2D eigenvalue weighted by molar-refractivity contribution is 7.18. The maximum absolute atomic E-state index is 5.98. The number of aromatic nitrogens is 2. The molecule has 4 nitrogen and oxygen atoms in total. The third kappa shape index (κ3) is 2.15. The number of hydrogen-bond donors (Lipinski definition) is 2. The summed E-state index contributed by atoms with van der Waals surface area (Å²) in [5.41, 5.74) is 15.1. The summed E-state index contributed by atoms with van der Waals surface area (Å²) in [4.78, 5) is 9.57. The quantitative estimate of drug-likeness (QED) is 0.700. The summed E-state index contributed by atoms with van der Waals surface area (Å²) in [6, 6.07) is 9.40. The number of nitrogen functional groups attached to an aromatic ring is 2. The van der Waals surface area contributed by atoms with Crippen molar-refractivity contribution >= 4 is 22.7 Å². The van der Waals surface area contributed by atoms with Gasteiger partial charge in [-0.05, 0) is 18.2 Å². The number of nitrogens with zero attached hydrogens (tertiary/aromatic N) is 2. The zero-order valence-corrected chi connectivity index (χ0v) is 10.9. The Bertz CT molecular complexity index is 686. The van der Waals surface area contributed by atoms with Gasteiger partial charge in [0.15, 0.2) is 0 Å². The van der Waals surface area contributed by atoms with Crippen LogP contribution in [0.3, 0.4) is 0 Å². The average molecular weight is 268 g/mol. The Morgan fingerprint density at radius 3 is 2.42 bits per heavy atom. The Kier molecular flexibility index (Phi) is 2.89. The van der Waals surface area contributed by atoms with Crippen LogP contribution in [0.25, 0.3) is 21.0 Å². The van der Waals surface area contributed by atoms with Crippen LogP contribution in [0.5, 0.6) is 0 Å². The van der Waals surface area contributed by atoms with E-state index in [1.165, 1.54) is 0 Å². The van der Waals surface area contributed by atoms with Gasteiger partial charge >= 0.3 is 0 Å². The highest BCUT2D eigenvalue weighted by atomic mass is 32.1. The summed E-state index contributed by atoms with van der Waals surface area (Å²) in [5, 5.41) is 0.828. The van der Waals surface area contributed by atoms with E-state index < -0.39 is 0 Å². The van der Waals surface area contributed by atoms with E-state index in [0.717, 1.165) is 21.0 Å². The van der Waals surface area contributed by atoms with Gasteiger partial charge in [0.1, 0.15) is 5.01 Å². The van der Waals surface area contributed by atoms with Crippen molar-refractivity contribution in [3.63, 3.8) is 0 Å². The van der Waals surface area contributed by atoms with Crippen molar-refractivity contribution in [3.8, 4) is 21.0 Å². The van der Waals surface area contributed by atoms with Crippen LogP contribution in [0.15, 0.2) is 48.9 Å². The number of rotatable bonds is 2. The van der Waals surface area contributed by atoms with E-state index in [4.69, 9.17) is 11.5 Å². The zero-order chi connectivity index (χ0) is 13.2. The molecule has 0 bridgehead atoms. The summed E-state index contributed by atoms with van der Waals surface area (Å²) >= 11 is 1.56. The van der Waals surface area contributed by atoms with Crippen molar-refractivity contribution in [1.29, 1.82) is 0 Å². The molecule has 3 aromatic rings. The number of nitrogens with two attached hydrogens (primary N) is 2. The van der Waals surface area contributed by atoms with Crippen LogP contribution < -0.4 is 11.5 Å². The fourth-order valence-corrected chi connectivity index (χ4v) is 2.86. The number of hydrogen-bond acceptors (Lipinski definition) is 5. The highest BCUT2D eigenvalue weighted by Crippen LogP contribution is 2.37. The lowest BCUT2D eigenvalue weighted by molar-refractivity contribution is 1.33. The van der Waals surface area contributed by atoms with E-state index >= 15 is 0 Å². The Hall–Kier alpha value is -2.40. The predicted octanol–water partition coefficient (Wildman–Crippen LogP) is 3.04. The van der Waals surface area contributed by atoms with Crippen LogP contribution in [0.4, 0.5) is 11.4 Å². The van der Waals surface area contributed by atoms with Crippen molar-refractivity contribution in [1.82, 2.24) is 9.97 Å². The molecule has 0 spiro atoms. The molecule has 2 heterocycles. The molecule has 4 N–H and O–H groups in total. The number of thiazole rings is 1. The summed E-state index contributed by atoms with van der Waals surface area (Å²) in [6.45, 7) is 0. The van der Waals surface area contributed by atoms with Gasteiger partial charge in [-0.3, -0.25) is 4.98 Å². The first-order chi connectivity index (χ1) is 9.25.